The average Bonchev–Trinajstić information content (AvgIpc) is 3.11. The number of aromatic nitrogens is 1. The molecule has 1 heterocycles. The molecular formula is C20H30N4OS. The molecule has 2 N–H and O–H groups in total. The molecule has 0 saturated heterocycles. The largest absolute Gasteiger partial charge is 0.444 e. The molecule has 0 amide bonds. The van der Waals surface area contributed by atoms with Crippen LogP contribution < -0.4 is 10.6 Å². The van der Waals surface area contributed by atoms with Crippen LogP contribution in [-0.4, -0.2) is 42.6 Å². The summed E-state index contributed by atoms with van der Waals surface area (Å²) in [6, 6.07) is 8.21. The summed E-state index contributed by atoms with van der Waals surface area (Å²) < 4.78 is 5.61. The molecule has 0 radical (unpaired) electrons. The van der Waals surface area contributed by atoms with Gasteiger partial charge in [-0.15, -0.1) is 0 Å². The Bertz CT molecular complexity index is 667. The summed E-state index contributed by atoms with van der Waals surface area (Å²) in [5.74, 6) is 2.75. The lowest BCUT2D eigenvalue weighted by atomic mass is 10.1. The Hall–Kier alpha value is -1.95. The number of rotatable bonds is 10. The number of nitrogens with one attached hydrogen (secondary N) is 2. The van der Waals surface area contributed by atoms with Gasteiger partial charge in [-0.05, 0) is 50.8 Å². The van der Waals surface area contributed by atoms with Crippen molar-refractivity contribution in [2.75, 3.05) is 31.6 Å². The second kappa shape index (κ2) is 11.6. The van der Waals surface area contributed by atoms with Gasteiger partial charge >= 0.3 is 0 Å². The Labute approximate surface area is 161 Å². The number of guanidine groups is 1. The molecule has 0 unspecified atom stereocenters. The Morgan fingerprint density at radius 3 is 2.73 bits per heavy atom. The van der Waals surface area contributed by atoms with Crippen molar-refractivity contribution in [3.63, 3.8) is 0 Å². The van der Waals surface area contributed by atoms with E-state index in [9.17, 15) is 0 Å². The Morgan fingerprint density at radius 1 is 1.19 bits per heavy atom. The van der Waals surface area contributed by atoms with Gasteiger partial charge in [-0.1, -0.05) is 17.7 Å². The number of hydrogen-bond acceptors (Lipinski definition) is 4. The highest BCUT2D eigenvalue weighted by molar-refractivity contribution is 7.98. The summed E-state index contributed by atoms with van der Waals surface area (Å²) in [4.78, 5) is 9.20. The monoisotopic (exact) mass is 374 g/mol. The van der Waals surface area contributed by atoms with Crippen LogP contribution in [-0.2, 0) is 6.42 Å². The van der Waals surface area contributed by atoms with Gasteiger partial charge in [0.05, 0.1) is 5.69 Å². The number of benzene rings is 1. The summed E-state index contributed by atoms with van der Waals surface area (Å²) >= 11 is 1.89. The molecule has 0 atom stereocenters. The number of aryl methyl sites for hydroxylation is 1. The van der Waals surface area contributed by atoms with Gasteiger partial charge in [0.2, 0.25) is 5.89 Å². The SMILES string of the molecule is CCNC(=NCCCCSC)NCCc1coc(-c2ccc(C)cc2)n1. The molecule has 26 heavy (non-hydrogen) atoms. The van der Waals surface area contributed by atoms with E-state index in [-0.39, 0.29) is 0 Å². The van der Waals surface area contributed by atoms with Crippen LogP contribution in [0.25, 0.3) is 11.5 Å². The fourth-order valence-corrected chi connectivity index (χ4v) is 2.94. The lowest BCUT2D eigenvalue weighted by Gasteiger charge is -2.10. The smallest absolute Gasteiger partial charge is 0.226 e. The van der Waals surface area contributed by atoms with Gasteiger partial charge in [0, 0.05) is 31.6 Å². The highest BCUT2D eigenvalue weighted by Gasteiger charge is 2.06. The second-order valence-electron chi connectivity index (χ2n) is 6.15. The van der Waals surface area contributed by atoms with Crippen molar-refractivity contribution in [3.05, 3.63) is 41.8 Å². The minimum Gasteiger partial charge on any atom is -0.444 e. The first-order chi connectivity index (χ1) is 12.7. The van der Waals surface area contributed by atoms with Gasteiger partial charge < -0.3 is 15.1 Å². The maximum absolute atomic E-state index is 5.61. The third kappa shape index (κ3) is 7.12. The number of oxazole rings is 1. The first-order valence-corrected chi connectivity index (χ1v) is 10.6. The third-order valence-corrected chi connectivity index (χ3v) is 4.59. The van der Waals surface area contributed by atoms with E-state index in [2.05, 4.69) is 52.8 Å². The van der Waals surface area contributed by atoms with Crippen LogP contribution >= 0.6 is 11.8 Å². The van der Waals surface area contributed by atoms with Crippen LogP contribution in [0.3, 0.4) is 0 Å². The molecule has 142 valence electrons. The maximum Gasteiger partial charge on any atom is 0.226 e. The van der Waals surface area contributed by atoms with Crippen LogP contribution in [0.2, 0.25) is 0 Å². The van der Waals surface area contributed by atoms with E-state index in [1.807, 2.05) is 23.9 Å². The molecular weight excluding hydrogens is 344 g/mol. The molecule has 0 aliphatic carbocycles. The highest BCUT2D eigenvalue weighted by Crippen LogP contribution is 2.19. The third-order valence-electron chi connectivity index (χ3n) is 3.89. The van der Waals surface area contributed by atoms with Gasteiger partial charge in [-0.25, -0.2) is 4.98 Å². The molecule has 0 bridgehead atoms. The molecule has 0 spiro atoms. The van der Waals surface area contributed by atoms with E-state index in [1.165, 1.54) is 17.7 Å². The molecule has 2 rings (SSSR count). The molecule has 6 heteroatoms. The van der Waals surface area contributed by atoms with Gasteiger partial charge in [-0.3, -0.25) is 4.99 Å². The van der Waals surface area contributed by atoms with Crippen molar-refractivity contribution in [3.8, 4) is 11.5 Å². The van der Waals surface area contributed by atoms with E-state index in [1.54, 1.807) is 6.26 Å². The van der Waals surface area contributed by atoms with Crippen LogP contribution in [0.15, 0.2) is 39.9 Å². The van der Waals surface area contributed by atoms with Crippen molar-refractivity contribution < 1.29 is 4.42 Å². The standard InChI is InChI=1S/C20H30N4OS/c1-4-21-20(22-12-5-6-14-26-3)23-13-11-18-15-25-19(24-18)17-9-7-16(2)8-10-17/h7-10,15H,4-6,11-14H2,1-3H3,(H2,21,22,23). The normalized spacial score (nSPS) is 11.6. The summed E-state index contributed by atoms with van der Waals surface area (Å²) in [7, 11) is 0. The van der Waals surface area contributed by atoms with E-state index in [0.717, 1.165) is 49.7 Å². The fourth-order valence-electron chi connectivity index (χ4n) is 2.45. The van der Waals surface area contributed by atoms with Crippen LogP contribution in [0.5, 0.6) is 0 Å². The molecule has 2 aromatic rings. The first-order valence-electron chi connectivity index (χ1n) is 9.25. The number of nitrogens with zero attached hydrogens (tertiary/aromatic N) is 2. The molecule has 0 saturated carbocycles. The maximum atomic E-state index is 5.61. The van der Waals surface area contributed by atoms with Crippen molar-refractivity contribution in [2.24, 2.45) is 4.99 Å². The average molecular weight is 375 g/mol. The molecule has 1 aromatic carbocycles. The molecule has 5 nitrogen and oxygen atoms in total. The summed E-state index contributed by atoms with van der Waals surface area (Å²) in [5.41, 5.74) is 3.19. The zero-order chi connectivity index (χ0) is 18.6. The van der Waals surface area contributed by atoms with E-state index in [4.69, 9.17) is 4.42 Å². The second-order valence-corrected chi connectivity index (χ2v) is 7.13. The topological polar surface area (TPSA) is 62.5 Å². The van der Waals surface area contributed by atoms with Crippen LogP contribution in [0.1, 0.15) is 31.0 Å². The van der Waals surface area contributed by atoms with Crippen molar-refractivity contribution in [1.29, 1.82) is 0 Å². The zero-order valence-electron chi connectivity index (χ0n) is 16.0. The van der Waals surface area contributed by atoms with Crippen LogP contribution in [0.4, 0.5) is 0 Å². The van der Waals surface area contributed by atoms with Gasteiger partial charge in [0.25, 0.3) is 0 Å². The van der Waals surface area contributed by atoms with Crippen molar-refractivity contribution >= 4 is 17.7 Å². The lowest BCUT2D eigenvalue weighted by Crippen LogP contribution is -2.38. The number of unbranched alkanes of at least 4 members (excludes halogenated alkanes) is 1. The molecule has 0 fully saturated rings. The van der Waals surface area contributed by atoms with Crippen molar-refractivity contribution in [2.45, 2.75) is 33.1 Å². The zero-order valence-corrected chi connectivity index (χ0v) is 16.9. The summed E-state index contributed by atoms with van der Waals surface area (Å²) in [6.45, 7) is 6.64. The minimum atomic E-state index is 0.675. The van der Waals surface area contributed by atoms with Crippen molar-refractivity contribution in [1.82, 2.24) is 15.6 Å². The first kappa shape index (κ1) is 20.4. The molecule has 1 aromatic heterocycles. The Kier molecular flexibility index (Phi) is 9.10. The molecule has 0 aliphatic heterocycles. The number of aliphatic imine (C=N–C) groups is 1. The summed E-state index contributed by atoms with van der Waals surface area (Å²) in [5, 5.41) is 6.65. The summed E-state index contributed by atoms with van der Waals surface area (Å²) in [6.07, 6.45) is 7.02. The number of hydrogen-bond donors (Lipinski definition) is 2. The predicted octanol–water partition coefficient (Wildman–Crippen LogP) is 3.89. The van der Waals surface area contributed by atoms with Gasteiger partial charge in [0.15, 0.2) is 5.96 Å². The van der Waals surface area contributed by atoms with Gasteiger partial charge in [-0.2, -0.15) is 11.8 Å². The van der Waals surface area contributed by atoms with E-state index < -0.39 is 0 Å². The Balaban J connectivity index is 1.79. The number of thioether (sulfide) groups is 1. The Morgan fingerprint density at radius 2 is 2.00 bits per heavy atom. The fraction of sp³-hybridized carbons (Fsp3) is 0.500. The lowest BCUT2D eigenvalue weighted by molar-refractivity contribution is 0.572. The quantitative estimate of drug-likeness (QED) is 0.375. The predicted molar refractivity (Wildman–Crippen MR) is 112 cm³/mol. The van der Waals surface area contributed by atoms with Gasteiger partial charge in [0.1, 0.15) is 6.26 Å². The van der Waals surface area contributed by atoms with E-state index in [0.29, 0.717) is 5.89 Å². The van der Waals surface area contributed by atoms with E-state index >= 15 is 0 Å². The highest BCUT2D eigenvalue weighted by atomic mass is 32.2. The minimum absolute atomic E-state index is 0.675. The van der Waals surface area contributed by atoms with Crippen LogP contribution in [0, 0.1) is 6.92 Å². The molecule has 0 aliphatic rings.